The first-order valence-corrected chi connectivity index (χ1v) is 17.7. The highest BCUT2D eigenvalue weighted by Gasteiger charge is 2.15. The fourth-order valence-corrected chi connectivity index (χ4v) is 7.44. The van der Waals surface area contributed by atoms with Crippen molar-refractivity contribution in [3.8, 4) is 0 Å². The van der Waals surface area contributed by atoms with Crippen molar-refractivity contribution in [2.75, 3.05) is 0 Å². The summed E-state index contributed by atoms with van der Waals surface area (Å²) in [5.41, 5.74) is 14.8. The number of hydrogen-bond donors (Lipinski definition) is 0. The van der Waals surface area contributed by atoms with Crippen LogP contribution in [0.1, 0.15) is 49.9 Å². The molecule has 4 aliphatic rings. The van der Waals surface area contributed by atoms with E-state index in [0.29, 0.717) is 0 Å². The molecule has 4 nitrogen and oxygen atoms in total. The van der Waals surface area contributed by atoms with Crippen LogP contribution in [0.4, 0.5) is 22.7 Å². The molecule has 0 radical (unpaired) electrons. The average Bonchev–Trinajstić information content (AvgIpc) is 3.92. The van der Waals surface area contributed by atoms with Crippen LogP contribution >= 0.6 is 0 Å². The number of hydrogen-bond acceptors (Lipinski definition) is 4. The van der Waals surface area contributed by atoms with E-state index in [0.717, 1.165) is 42.0 Å². The highest BCUT2D eigenvalue weighted by molar-refractivity contribution is 6.18. The number of aliphatic imine (C=N–C) groups is 4. The van der Waals surface area contributed by atoms with E-state index in [1.165, 1.54) is 77.4 Å². The maximum absolute atomic E-state index is 4.60. The van der Waals surface area contributed by atoms with Gasteiger partial charge in [-0.05, 0) is 84.1 Å². The van der Waals surface area contributed by atoms with Crippen molar-refractivity contribution in [3.05, 3.63) is 156 Å². The van der Waals surface area contributed by atoms with Gasteiger partial charge in [0.25, 0.3) is 0 Å². The van der Waals surface area contributed by atoms with E-state index < -0.39 is 0 Å². The lowest BCUT2D eigenvalue weighted by Crippen LogP contribution is -1.89. The summed E-state index contributed by atoms with van der Waals surface area (Å²) in [5, 5.41) is 7.83. The van der Waals surface area contributed by atoms with Gasteiger partial charge in [0, 0.05) is 58.4 Å². The van der Waals surface area contributed by atoms with Crippen LogP contribution in [0.25, 0.3) is 32.3 Å². The standard InChI is InChI=1S/2C13H11N.C12H9N.C9H9N/c1-9-8-11-7-6-10-4-2-3-5-12(10)13(11)14-9;1-9-8-12-11-5-3-2-4-10(11)6-7-13(12)14-9;1-8-10-6-2-4-9-5-3-7-11(13-8)12(9)10;1-7-6-8-4-2-3-5-9(8)10-7/h2*2-7H,8H2,1H3;2-7H,1H3;2-5H,6H2,1H3. The number of para-hydroxylation sites is 1. The van der Waals surface area contributed by atoms with Crippen molar-refractivity contribution < 1.29 is 0 Å². The Bertz CT molecular complexity index is 2600. The van der Waals surface area contributed by atoms with Gasteiger partial charge in [-0.1, -0.05) is 115 Å². The summed E-state index contributed by atoms with van der Waals surface area (Å²) in [5.74, 6) is 0. The zero-order valence-electron chi connectivity index (χ0n) is 29.6. The Labute approximate surface area is 299 Å². The minimum absolute atomic E-state index is 1.01. The van der Waals surface area contributed by atoms with E-state index in [1.807, 2.05) is 6.07 Å². The molecule has 4 aliphatic heterocycles. The smallest absolute Gasteiger partial charge is 0.0743 e. The van der Waals surface area contributed by atoms with E-state index in [-0.39, 0.29) is 0 Å². The van der Waals surface area contributed by atoms with Crippen molar-refractivity contribution >= 4 is 77.9 Å². The number of nitrogens with zero attached hydrogens (tertiary/aromatic N) is 4. The summed E-state index contributed by atoms with van der Waals surface area (Å²) in [6, 6.07) is 46.5. The minimum Gasteiger partial charge on any atom is -0.257 e. The number of rotatable bonds is 0. The molecule has 0 bridgehead atoms. The summed E-state index contributed by atoms with van der Waals surface area (Å²) in [7, 11) is 0. The molecule has 7 aromatic rings. The molecule has 0 fully saturated rings. The predicted molar refractivity (Wildman–Crippen MR) is 220 cm³/mol. The van der Waals surface area contributed by atoms with E-state index in [2.05, 4.69) is 175 Å². The van der Waals surface area contributed by atoms with Gasteiger partial charge in [-0.2, -0.15) is 0 Å². The second-order valence-corrected chi connectivity index (χ2v) is 13.7. The second-order valence-electron chi connectivity index (χ2n) is 13.7. The van der Waals surface area contributed by atoms with Gasteiger partial charge < -0.3 is 0 Å². The van der Waals surface area contributed by atoms with Crippen molar-refractivity contribution in [3.63, 3.8) is 0 Å². The fraction of sp³-hybridized carbons (Fsp3) is 0.149. The van der Waals surface area contributed by atoms with Crippen LogP contribution in [0.3, 0.4) is 0 Å². The fourth-order valence-electron chi connectivity index (χ4n) is 7.44. The topological polar surface area (TPSA) is 49.4 Å². The third-order valence-electron chi connectivity index (χ3n) is 9.80. The molecule has 0 aliphatic carbocycles. The molecule has 7 aromatic carbocycles. The Hall–Kier alpha value is -6.00. The lowest BCUT2D eigenvalue weighted by atomic mass is 10.0. The molecule has 4 heteroatoms. The highest BCUT2D eigenvalue weighted by Crippen LogP contribution is 2.36. The van der Waals surface area contributed by atoms with Gasteiger partial charge in [-0.25, -0.2) is 0 Å². The lowest BCUT2D eigenvalue weighted by Gasteiger charge is -2.02. The van der Waals surface area contributed by atoms with Crippen molar-refractivity contribution in [2.24, 2.45) is 20.0 Å². The van der Waals surface area contributed by atoms with Crippen LogP contribution in [-0.2, 0) is 19.3 Å². The van der Waals surface area contributed by atoms with Crippen LogP contribution in [-0.4, -0.2) is 22.8 Å². The lowest BCUT2D eigenvalue weighted by molar-refractivity contribution is 1.39. The first kappa shape index (κ1) is 32.2. The zero-order chi connectivity index (χ0) is 34.9. The van der Waals surface area contributed by atoms with E-state index >= 15 is 0 Å². The maximum atomic E-state index is 4.60. The average molecular weight is 661 g/mol. The van der Waals surface area contributed by atoms with Crippen LogP contribution in [0, 0.1) is 0 Å². The molecule has 0 unspecified atom stereocenters. The summed E-state index contributed by atoms with van der Waals surface area (Å²) in [4.78, 5) is 18.0. The van der Waals surface area contributed by atoms with Gasteiger partial charge in [0.1, 0.15) is 0 Å². The largest absolute Gasteiger partial charge is 0.257 e. The van der Waals surface area contributed by atoms with Gasteiger partial charge >= 0.3 is 0 Å². The first-order valence-electron chi connectivity index (χ1n) is 17.7. The van der Waals surface area contributed by atoms with Gasteiger partial charge in [0.05, 0.1) is 22.7 Å². The van der Waals surface area contributed by atoms with Crippen LogP contribution < -0.4 is 0 Å². The van der Waals surface area contributed by atoms with Gasteiger partial charge in [-0.15, -0.1) is 0 Å². The van der Waals surface area contributed by atoms with Gasteiger partial charge in [-0.3, -0.25) is 20.0 Å². The Morgan fingerprint density at radius 3 is 1.80 bits per heavy atom. The molecule has 0 N–H and O–H groups in total. The van der Waals surface area contributed by atoms with Crippen molar-refractivity contribution in [1.29, 1.82) is 0 Å². The predicted octanol–water partition coefficient (Wildman–Crippen LogP) is 12.6. The summed E-state index contributed by atoms with van der Waals surface area (Å²) >= 11 is 0. The third-order valence-corrected chi connectivity index (χ3v) is 9.80. The maximum Gasteiger partial charge on any atom is 0.0743 e. The highest BCUT2D eigenvalue weighted by atomic mass is 14.8. The zero-order valence-corrected chi connectivity index (χ0v) is 29.6. The molecule has 4 heterocycles. The monoisotopic (exact) mass is 660 g/mol. The van der Waals surface area contributed by atoms with E-state index in [1.54, 1.807) is 0 Å². The molecular formula is C47H40N4. The SMILES string of the molecule is CC1=Nc2c(ccc3ccccc23)C1.CC1=Nc2ccc3ccccc3c2C1.CC1=Nc2cccc3cccc1c23.CC1=Nc2ccccc2C1. The molecule has 51 heavy (non-hydrogen) atoms. The summed E-state index contributed by atoms with van der Waals surface area (Å²) < 4.78 is 0. The molecule has 0 amide bonds. The minimum atomic E-state index is 1.01. The van der Waals surface area contributed by atoms with Crippen LogP contribution in [0.15, 0.2) is 153 Å². The van der Waals surface area contributed by atoms with Crippen molar-refractivity contribution in [2.45, 2.75) is 47.0 Å². The van der Waals surface area contributed by atoms with Crippen LogP contribution in [0.2, 0.25) is 0 Å². The molecular weight excluding hydrogens is 621 g/mol. The number of fused-ring (bicyclic) bond motifs is 7. The van der Waals surface area contributed by atoms with E-state index in [4.69, 9.17) is 0 Å². The quantitative estimate of drug-likeness (QED) is 0.155. The van der Waals surface area contributed by atoms with Gasteiger partial charge in [0.15, 0.2) is 0 Å². The molecule has 11 rings (SSSR count). The van der Waals surface area contributed by atoms with Crippen LogP contribution in [0.5, 0.6) is 0 Å². The third kappa shape index (κ3) is 6.53. The molecule has 0 saturated heterocycles. The Morgan fingerprint density at radius 1 is 0.392 bits per heavy atom. The Balaban J connectivity index is 0.0000000985. The summed E-state index contributed by atoms with van der Waals surface area (Å²) in [6.45, 7) is 8.32. The molecule has 0 spiro atoms. The van der Waals surface area contributed by atoms with E-state index in [9.17, 15) is 0 Å². The molecule has 0 atom stereocenters. The number of benzene rings is 7. The van der Waals surface area contributed by atoms with Crippen molar-refractivity contribution in [1.82, 2.24) is 0 Å². The molecule has 0 saturated carbocycles. The Kier molecular flexibility index (Phi) is 8.67. The second kappa shape index (κ2) is 13.7. The molecule has 248 valence electrons. The summed E-state index contributed by atoms with van der Waals surface area (Å²) in [6.07, 6.45) is 3.06. The van der Waals surface area contributed by atoms with Gasteiger partial charge in [0.2, 0.25) is 0 Å². The molecule has 0 aromatic heterocycles. The normalized spacial score (nSPS) is 14.1. The Morgan fingerprint density at radius 2 is 0.980 bits per heavy atom. The first-order chi connectivity index (χ1) is 24.9.